The molecule has 0 spiro atoms. The van der Waals surface area contributed by atoms with E-state index in [0.29, 0.717) is 19.8 Å². The molecule has 0 aliphatic carbocycles. The summed E-state index contributed by atoms with van der Waals surface area (Å²) in [4.78, 5) is 12.3. The Morgan fingerprint density at radius 1 is 1.18 bits per heavy atom. The van der Waals surface area contributed by atoms with Crippen molar-refractivity contribution in [3.63, 3.8) is 0 Å². The lowest BCUT2D eigenvalue weighted by atomic mass is 9.84. The molecule has 0 saturated carbocycles. The second-order valence-corrected chi connectivity index (χ2v) is 5.73. The van der Waals surface area contributed by atoms with Crippen molar-refractivity contribution in [1.82, 2.24) is 5.32 Å². The Balaban J connectivity index is 1.67. The molecule has 1 amide bonds. The maximum atomic E-state index is 12.3. The van der Waals surface area contributed by atoms with Crippen LogP contribution in [-0.2, 0) is 21.6 Å². The summed E-state index contributed by atoms with van der Waals surface area (Å²) in [5.74, 6) is 0.846. The first-order valence-corrected chi connectivity index (χ1v) is 7.54. The third-order valence-corrected chi connectivity index (χ3v) is 3.64. The molecule has 0 bridgehead atoms. The standard InChI is InChI=1S/C18H23NO3/c1-18(2,15-8-4-3-5-9-15)17(20)19-11-7-12-21-14-16-10-6-13-22-16/h3-6,8-10,13H,7,11-12,14H2,1-2H3,(H,19,20). The van der Waals surface area contributed by atoms with Crippen molar-refractivity contribution < 1.29 is 13.9 Å². The zero-order chi connectivity index (χ0) is 15.8. The number of carbonyl (C=O) groups excluding carboxylic acids is 1. The number of furan rings is 1. The third-order valence-electron chi connectivity index (χ3n) is 3.64. The van der Waals surface area contributed by atoms with Crippen molar-refractivity contribution in [3.8, 4) is 0 Å². The minimum Gasteiger partial charge on any atom is -0.467 e. The number of hydrogen-bond acceptors (Lipinski definition) is 3. The predicted molar refractivity (Wildman–Crippen MR) is 85.5 cm³/mol. The van der Waals surface area contributed by atoms with Gasteiger partial charge in [0.05, 0.1) is 11.7 Å². The molecule has 4 heteroatoms. The lowest BCUT2D eigenvalue weighted by Gasteiger charge is -2.24. The van der Waals surface area contributed by atoms with Gasteiger partial charge in [0, 0.05) is 13.2 Å². The molecule has 1 aromatic heterocycles. The molecule has 0 radical (unpaired) electrons. The van der Waals surface area contributed by atoms with E-state index in [4.69, 9.17) is 9.15 Å². The van der Waals surface area contributed by atoms with Gasteiger partial charge in [0.1, 0.15) is 12.4 Å². The zero-order valence-corrected chi connectivity index (χ0v) is 13.2. The Morgan fingerprint density at radius 2 is 1.95 bits per heavy atom. The quantitative estimate of drug-likeness (QED) is 0.761. The molecule has 1 N–H and O–H groups in total. The number of carbonyl (C=O) groups is 1. The molecule has 1 aromatic carbocycles. The van der Waals surface area contributed by atoms with E-state index < -0.39 is 5.41 Å². The molecule has 0 atom stereocenters. The van der Waals surface area contributed by atoms with E-state index in [1.165, 1.54) is 0 Å². The zero-order valence-electron chi connectivity index (χ0n) is 13.2. The van der Waals surface area contributed by atoms with Crippen LogP contribution < -0.4 is 5.32 Å². The average molecular weight is 301 g/mol. The molecule has 2 rings (SSSR count). The van der Waals surface area contributed by atoms with Crippen LogP contribution in [0.15, 0.2) is 53.1 Å². The molecular formula is C18H23NO3. The summed E-state index contributed by atoms with van der Waals surface area (Å²) in [5.41, 5.74) is 0.484. The van der Waals surface area contributed by atoms with Crippen molar-refractivity contribution in [1.29, 1.82) is 0 Å². The van der Waals surface area contributed by atoms with Crippen LogP contribution in [0.2, 0.25) is 0 Å². The Labute approximate surface area is 131 Å². The Bertz CT molecular complexity index is 561. The van der Waals surface area contributed by atoms with Crippen molar-refractivity contribution >= 4 is 5.91 Å². The highest BCUT2D eigenvalue weighted by Crippen LogP contribution is 2.22. The van der Waals surface area contributed by atoms with Crippen molar-refractivity contribution in [3.05, 3.63) is 60.1 Å². The van der Waals surface area contributed by atoms with E-state index in [0.717, 1.165) is 17.7 Å². The fraction of sp³-hybridized carbons (Fsp3) is 0.389. The van der Waals surface area contributed by atoms with Gasteiger partial charge < -0.3 is 14.5 Å². The van der Waals surface area contributed by atoms with Crippen LogP contribution in [0.25, 0.3) is 0 Å². The van der Waals surface area contributed by atoms with Crippen molar-refractivity contribution in [2.24, 2.45) is 0 Å². The highest BCUT2D eigenvalue weighted by molar-refractivity contribution is 5.87. The third kappa shape index (κ3) is 4.46. The Morgan fingerprint density at radius 3 is 2.64 bits per heavy atom. The normalized spacial score (nSPS) is 11.4. The number of hydrogen-bond donors (Lipinski definition) is 1. The van der Waals surface area contributed by atoms with Crippen molar-refractivity contribution in [2.45, 2.75) is 32.3 Å². The topological polar surface area (TPSA) is 51.5 Å². The number of amides is 1. The van der Waals surface area contributed by atoms with Crippen LogP contribution in [0.1, 0.15) is 31.6 Å². The van der Waals surface area contributed by atoms with Crippen molar-refractivity contribution in [2.75, 3.05) is 13.2 Å². The number of ether oxygens (including phenoxy) is 1. The fourth-order valence-electron chi connectivity index (χ4n) is 2.15. The number of rotatable bonds is 8. The van der Waals surface area contributed by atoms with E-state index in [2.05, 4.69) is 5.32 Å². The highest BCUT2D eigenvalue weighted by atomic mass is 16.5. The van der Waals surface area contributed by atoms with Crippen LogP contribution in [0.5, 0.6) is 0 Å². The molecule has 22 heavy (non-hydrogen) atoms. The van der Waals surface area contributed by atoms with Gasteiger partial charge >= 0.3 is 0 Å². The second-order valence-electron chi connectivity index (χ2n) is 5.73. The van der Waals surface area contributed by atoms with Crippen LogP contribution in [0.3, 0.4) is 0 Å². The average Bonchev–Trinajstić information content (AvgIpc) is 3.04. The van der Waals surface area contributed by atoms with Gasteiger partial charge in [-0.05, 0) is 38.0 Å². The minimum absolute atomic E-state index is 0.0322. The van der Waals surface area contributed by atoms with Gasteiger partial charge in [-0.1, -0.05) is 30.3 Å². The number of benzene rings is 1. The first-order valence-electron chi connectivity index (χ1n) is 7.54. The highest BCUT2D eigenvalue weighted by Gasteiger charge is 2.28. The van der Waals surface area contributed by atoms with E-state index in [1.807, 2.05) is 56.3 Å². The number of nitrogens with one attached hydrogen (secondary N) is 1. The smallest absolute Gasteiger partial charge is 0.230 e. The van der Waals surface area contributed by atoms with Gasteiger partial charge in [-0.3, -0.25) is 4.79 Å². The van der Waals surface area contributed by atoms with Gasteiger partial charge in [0.15, 0.2) is 0 Å². The molecule has 0 fully saturated rings. The molecule has 0 aliphatic heterocycles. The summed E-state index contributed by atoms with van der Waals surface area (Å²) in [5, 5.41) is 2.97. The summed E-state index contributed by atoms with van der Waals surface area (Å²) in [6, 6.07) is 13.5. The van der Waals surface area contributed by atoms with Gasteiger partial charge in [-0.15, -0.1) is 0 Å². The Hall–Kier alpha value is -2.07. The molecule has 0 unspecified atom stereocenters. The van der Waals surface area contributed by atoms with Crippen LogP contribution in [-0.4, -0.2) is 19.1 Å². The predicted octanol–water partition coefficient (Wildman–Crippen LogP) is 3.28. The largest absolute Gasteiger partial charge is 0.467 e. The van der Waals surface area contributed by atoms with E-state index in [1.54, 1.807) is 6.26 Å². The molecule has 0 saturated heterocycles. The maximum Gasteiger partial charge on any atom is 0.230 e. The summed E-state index contributed by atoms with van der Waals surface area (Å²) in [6.07, 6.45) is 2.40. The van der Waals surface area contributed by atoms with Gasteiger partial charge in [-0.2, -0.15) is 0 Å². The molecule has 2 aromatic rings. The lowest BCUT2D eigenvalue weighted by Crippen LogP contribution is -2.40. The van der Waals surface area contributed by atoms with E-state index in [-0.39, 0.29) is 5.91 Å². The maximum absolute atomic E-state index is 12.3. The fourth-order valence-corrected chi connectivity index (χ4v) is 2.15. The molecule has 1 heterocycles. The summed E-state index contributed by atoms with van der Waals surface area (Å²) in [6.45, 7) is 5.53. The lowest BCUT2D eigenvalue weighted by molar-refractivity contribution is -0.125. The molecular weight excluding hydrogens is 278 g/mol. The Kier molecular flexibility index (Phi) is 5.78. The minimum atomic E-state index is -0.531. The second kappa shape index (κ2) is 7.80. The molecule has 4 nitrogen and oxygen atoms in total. The summed E-state index contributed by atoms with van der Waals surface area (Å²) < 4.78 is 10.7. The molecule has 0 aliphatic rings. The SMILES string of the molecule is CC(C)(C(=O)NCCCOCc1ccco1)c1ccccc1. The first-order chi connectivity index (χ1) is 10.6. The van der Waals surface area contributed by atoms with Gasteiger partial charge in [0.2, 0.25) is 5.91 Å². The van der Waals surface area contributed by atoms with Crippen LogP contribution in [0, 0.1) is 0 Å². The van der Waals surface area contributed by atoms with Crippen LogP contribution in [0.4, 0.5) is 0 Å². The van der Waals surface area contributed by atoms with E-state index in [9.17, 15) is 4.79 Å². The van der Waals surface area contributed by atoms with Gasteiger partial charge in [0.25, 0.3) is 0 Å². The summed E-state index contributed by atoms with van der Waals surface area (Å²) in [7, 11) is 0. The van der Waals surface area contributed by atoms with Gasteiger partial charge in [-0.25, -0.2) is 0 Å². The molecule has 118 valence electrons. The first kappa shape index (κ1) is 16.3. The van der Waals surface area contributed by atoms with E-state index >= 15 is 0 Å². The van der Waals surface area contributed by atoms with Crippen LogP contribution >= 0.6 is 0 Å². The monoisotopic (exact) mass is 301 g/mol. The summed E-state index contributed by atoms with van der Waals surface area (Å²) >= 11 is 0.